The summed E-state index contributed by atoms with van der Waals surface area (Å²) in [6.45, 7) is 13.7. The van der Waals surface area contributed by atoms with Crippen molar-refractivity contribution in [1.29, 1.82) is 0 Å². The van der Waals surface area contributed by atoms with Gasteiger partial charge >= 0.3 is 0 Å². The fourth-order valence-electron chi connectivity index (χ4n) is 2.67. The van der Waals surface area contributed by atoms with Crippen LogP contribution in [0.3, 0.4) is 0 Å². The highest BCUT2D eigenvalue weighted by atomic mass is 16.6. The third-order valence-corrected chi connectivity index (χ3v) is 3.55. The molecule has 0 aromatic rings. The molecule has 0 amide bonds. The number of ether oxygens (including phenoxy) is 2. The molecule has 0 saturated carbocycles. The Labute approximate surface area is 111 Å². The van der Waals surface area contributed by atoms with Crippen LogP contribution in [0.2, 0.25) is 0 Å². The lowest BCUT2D eigenvalue weighted by molar-refractivity contribution is -0.147. The maximum atomic E-state index is 5.95. The molecule has 2 rings (SSSR count). The maximum absolute atomic E-state index is 5.95. The summed E-state index contributed by atoms with van der Waals surface area (Å²) < 4.78 is 11.9. The standard InChI is InChI=1S/C14H28N2O2/c1-14(2,3)8-12-10-18-13(11-17-12)9-16-6-4-15-5-7-16/h12-13,15H,4-11H2,1-3H3/t12-,13+/m1/s1. The van der Waals surface area contributed by atoms with Crippen molar-refractivity contribution in [3.05, 3.63) is 0 Å². The zero-order valence-corrected chi connectivity index (χ0v) is 12.1. The molecular weight excluding hydrogens is 228 g/mol. The Kier molecular flexibility index (Phi) is 5.01. The smallest absolute Gasteiger partial charge is 0.0936 e. The molecule has 106 valence electrons. The van der Waals surface area contributed by atoms with Gasteiger partial charge < -0.3 is 14.8 Å². The van der Waals surface area contributed by atoms with Crippen molar-refractivity contribution in [3.8, 4) is 0 Å². The van der Waals surface area contributed by atoms with Crippen molar-refractivity contribution in [3.63, 3.8) is 0 Å². The van der Waals surface area contributed by atoms with Gasteiger partial charge in [0.1, 0.15) is 0 Å². The van der Waals surface area contributed by atoms with E-state index in [0.717, 1.165) is 52.4 Å². The van der Waals surface area contributed by atoms with Gasteiger partial charge in [-0.2, -0.15) is 0 Å². The normalized spacial score (nSPS) is 31.5. The Hall–Kier alpha value is -0.160. The van der Waals surface area contributed by atoms with Crippen molar-refractivity contribution in [1.82, 2.24) is 10.2 Å². The van der Waals surface area contributed by atoms with Crippen LogP contribution in [0.5, 0.6) is 0 Å². The van der Waals surface area contributed by atoms with Gasteiger partial charge in [-0.1, -0.05) is 20.8 Å². The van der Waals surface area contributed by atoms with E-state index in [4.69, 9.17) is 9.47 Å². The highest BCUT2D eigenvalue weighted by Crippen LogP contribution is 2.24. The van der Waals surface area contributed by atoms with Gasteiger partial charge in [0, 0.05) is 32.7 Å². The fourth-order valence-corrected chi connectivity index (χ4v) is 2.67. The molecule has 2 atom stereocenters. The van der Waals surface area contributed by atoms with E-state index in [-0.39, 0.29) is 12.2 Å². The van der Waals surface area contributed by atoms with Gasteiger partial charge in [0.05, 0.1) is 25.4 Å². The first-order valence-corrected chi connectivity index (χ1v) is 7.19. The molecule has 0 aliphatic carbocycles. The predicted molar refractivity (Wildman–Crippen MR) is 72.9 cm³/mol. The van der Waals surface area contributed by atoms with Gasteiger partial charge in [-0.15, -0.1) is 0 Å². The van der Waals surface area contributed by atoms with E-state index < -0.39 is 0 Å². The van der Waals surface area contributed by atoms with Gasteiger partial charge in [0.15, 0.2) is 0 Å². The first kappa shape index (κ1) is 14.3. The maximum Gasteiger partial charge on any atom is 0.0936 e. The van der Waals surface area contributed by atoms with Gasteiger partial charge in [-0.25, -0.2) is 0 Å². The van der Waals surface area contributed by atoms with Gasteiger partial charge in [0.25, 0.3) is 0 Å². The molecule has 2 fully saturated rings. The SMILES string of the molecule is CC(C)(C)C[C@@H]1CO[C@@H](CN2CCNCC2)CO1. The topological polar surface area (TPSA) is 33.7 Å². The minimum Gasteiger partial charge on any atom is -0.373 e. The third kappa shape index (κ3) is 4.84. The summed E-state index contributed by atoms with van der Waals surface area (Å²) in [5.74, 6) is 0. The summed E-state index contributed by atoms with van der Waals surface area (Å²) in [5, 5.41) is 3.37. The van der Waals surface area contributed by atoms with E-state index in [1.54, 1.807) is 0 Å². The molecule has 2 saturated heterocycles. The minimum absolute atomic E-state index is 0.263. The summed E-state index contributed by atoms with van der Waals surface area (Å²) in [4.78, 5) is 2.47. The molecular formula is C14H28N2O2. The number of piperazine rings is 1. The van der Waals surface area contributed by atoms with Crippen LogP contribution in [0, 0.1) is 5.41 Å². The van der Waals surface area contributed by atoms with Crippen LogP contribution < -0.4 is 5.32 Å². The van der Waals surface area contributed by atoms with Crippen LogP contribution in [0.4, 0.5) is 0 Å². The number of hydrogen-bond donors (Lipinski definition) is 1. The second-order valence-corrected chi connectivity index (χ2v) is 6.73. The zero-order valence-electron chi connectivity index (χ0n) is 12.1. The lowest BCUT2D eigenvalue weighted by Crippen LogP contribution is -2.49. The zero-order chi connectivity index (χ0) is 13.0. The first-order chi connectivity index (χ1) is 8.53. The number of nitrogens with zero attached hydrogens (tertiary/aromatic N) is 1. The molecule has 0 unspecified atom stereocenters. The molecule has 0 spiro atoms. The van der Waals surface area contributed by atoms with Crippen molar-refractivity contribution in [2.45, 2.75) is 39.4 Å². The lowest BCUT2D eigenvalue weighted by Gasteiger charge is -2.36. The van der Waals surface area contributed by atoms with Crippen LogP contribution in [0.25, 0.3) is 0 Å². The second kappa shape index (κ2) is 6.33. The Bertz CT molecular complexity index is 239. The molecule has 0 radical (unpaired) electrons. The van der Waals surface area contributed by atoms with Crippen LogP contribution in [0.15, 0.2) is 0 Å². The van der Waals surface area contributed by atoms with Gasteiger partial charge in [-0.05, 0) is 11.8 Å². The van der Waals surface area contributed by atoms with E-state index in [1.807, 2.05) is 0 Å². The average molecular weight is 256 g/mol. The highest BCUT2D eigenvalue weighted by molar-refractivity contribution is 4.77. The van der Waals surface area contributed by atoms with E-state index in [1.165, 1.54) is 0 Å². The minimum atomic E-state index is 0.263. The largest absolute Gasteiger partial charge is 0.373 e. The molecule has 0 bridgehead atoms. The van der Waals surface area contributed by atoms with E-state index >= 15 is 0 Å². The Balaban J connectivity index is 1.66. The van der Waals surface area contributed by atoms with Crippen molar-refractivity contribution in [2.75, 3.05) is 45.9 Å². The molecule has 2 aliphatic rings. The number of rotatable bonds is 3. The molecule has 2 heterocycles. The van der Waals surface area contributed by atoms with E-state index in [0.29, 0.717) is 5.41 Å². The van der Waals surface area contributed by atoms with Crippen molar-refractivity contribution in [2.24, 2.45) is 5.41 Å². The molecule has 4 heteroatoms. The van der Waals surface area contributed by atoms with Crippen molar-refractivity contribution >= 4 is 0 Å². The summed E-state index contributed by atoms with van der Waals surface area (Å²) in [7, 11) is 0. The Morgan fingerprint density at radius 2 is 1.67 bits per heavy atom. The Morgan fingerprint density at radius 3 is 2.22 bits per heavy atom. The molecule has 1 N–H and O–H groups in total. The monoisotopic (exact) mass is 256 g/mol. The Morgan fingerprint density at radius 1 is 1.06 bits per heavy atom. The van der Waals surface area contributed by atoms with Crippen LogP contribution in [-0.4, -0.2) is 63.0 Å². The van der Waals surface area contributed by atoms with Gasteiger partial charge in [0.2, 0.25) is 0 Å². The van der Waals surface area contributed by atoms with Crippen LogP contribution >= 0.6 is 0 Å². The fraction of sp³-hybridized carbons (Fsp3) is 1.00. The quantitative estimate of drug-likeness (QED) is 0.820. The van der Waals surface area contributed by atoms with Crippen LogP contribution in [0.1, 0.15) is 27.2 Å². The van der Waals surface area contributed by atoms with Crippen molar-refractivity contribution < 1.29 is 9.47 Å². The molecule has 0 aromatic carbocycles. The van der Waals surface area contributed by atoms with E-state index in [9.17, 15) is 0 Å². The molecule has 4 nitrogen and oxygen atoms in total. The van der Waals surface area contributed by atoms with Gasteiger partial charge in [-0.3, -0.25) is 4.90 Å². The summed E-state index contributed by atoms with van der Waals surface area (Å²) >= 11 is 0. The summed E-state index contributed by atoms with van der Waals surface area (Å²) in [6.07, 6.45) is 1.62. The number of nitrogens with one attached hydrogen (secondary N) is 1. The van der Waals surface area contributed by atoms with E-state index in [2.05, 4.69) is 31.0 Å². The molecule has 18 heavy (non-hydrogen) atoms. The molecule has 2 aliphatic heterocycles. The van der Waals surface area contributed by atoms with Crippen LogP contribution in [-0.2, 0) is 9.47 Å². The summed E-state index contributed by atoms with van der Waals surface area (Å²) in [5.41, 5.74) is 0.319. The first-order valence-electron chi connectivity index (χ1n) is 7.19. The second-order valence-electron chi connectivity index (χ2n) is 6.73. The number of hydrogen-bond acceptors (Lipinski definition) is 4. The molecule has 0 aromatic heterocycles. The summed E-state index contributed by atoms with van der Waals surface area (Å²) in [6, 6.07) is 0. The average Bonchev–Trinajstić information content (AvgIpc) is 2.31. The third-order valence-electron chi connectivity index (χ3n) is 3.55. The highest BCUT2D eigenvalue weighted by Gasteiger charge is 2.27. The predicted octanol–water partition coefficient (Wildman–Crippen LogP) is 1.11. The lowest BCUT2D eigenvalue weighted by atomic mass is 9.89.